The van der Waals surface area contributed by atoms with Crippen LogP contribution in [0.2, 0.25) is 0 Å². The Hall–Kier alpha value is -3.40. The van der Waals surface area contributed by atoms with E-state index in [0.29, 0.717) is 47.7 Å². The van der Waals surface area contributed by atoms with Gasteiger partial charge < -0.3 is 35.7 Å². The molecule has 1 aromatic heterocycles. The number of pyridine rings is 1. The van der Waals surface area contributed by atoms with Crippen LogP contribution in [0.15, 0.2) is 53.3 Å². The maximum atomic E-state index is 11.9. The van der Waals surface area contributed by atoms with Crippen molar-refractivity contribution in [3.63, 3.8) is 0 Å². The lowest BCUT2D eigenvalue weighted by Gasteiger charge is -2.16. The van der Waals surface area contributed by atoms with Crippen molar-refractivity contribution in [1.82, 2.24) is 10.3 Å². The second kappa shape index (κ2) is 13.6. The summed E-state index contributed by atoms with van der Waals surface area (Å²) in [7, 11) is 0. The predicted octanol–water partition coefficient (Wildman–Crippen LogP) is 2.13. The Morgan fingerprint density at radius 2 is 1.78 bits per heavy atom. The second-order valence-electron chi connectivity index (χ2n) is 8.85. The largest absolute Gasteiger partial charge is 0.491 e. The van der Waals surface area contributed by atoms with Crippen molar-refractivity contribution in [2.24, 2.45) is 5.73 Å². The first-order valence-corrected chi connectivity index (χ1v) is 12.2. The molecule has 0 aliphatic heterocycles. The Kier molecular flexibility index (Phi) is 10.3. The maximum absolute atomic E-state index is 11.9. The van der Waals surface area contributed by atoms with Gasteiger partial charge in [-0.3, -0.25) is 9.59 Å². The molecule has 0 spiro atoms. The standard InChI is InChI=1S/C27H35N3O6/c1-18(31)4-2-3-15-35-24-11-10-23(22-9-12-25(33)30-26(22)24)36-17-21(32)16-29-14-13-19-5-7-20(8-6-19)27(28)34/h5-12,18,21,29,31-32H,2-4,13-17H2,1H3,(H2,28,34)(H,30,33). The van der Waals surface area contributed by atoms with E-state index < -0.39 is 12.0 Å². The molecule has 1 heterocycles. The molecular weight excluding hydrogens is 462 g/mol. The average molecular weight is 498 g/mol. The molecule has 0 aliphatic rings. The van der Waals surface area contributed by atoms with E-state index in [1.165, 1.54) is 6.07 Å². The normalized spacial score (nSPS) is 12.9. The number of nitrogens with two attached hydrogens (primary N) is 1. The minimum atomic E-state index is -0.732. The molecule has 2 unspecified atom stereocenters. The van der Waals surface area contributed by atoms with E-state index >= 15 is 0 Å². The van der Waals surface area contributed by atoms with E-state index in [1.54, 1.807) is 37.3 Å². The summed E-state index contributed by atoms with van der Waals surface area (Å²) < 4.78 is 11.7. The van der Waals surface area contributed by atoms with Crippen LogP contribution in [0.25, 0.3) is 10.9 Å². The summed E-state index contributed by atoms with van der Waals surface area (Å²) in [5, 5.41) is 23.6. The zero-order valence-electron chi connectivity index (χ0n) is 20.5. The number of aromatic amines is 1. The highest BCUT2D eigenvalue weighted by atomic mass is 16.5. The van der Waals surface area contributed by atoms with Crippen LogP contribution in [0.4, 0.5) is 0 Å². The summed E-state index contributed by atoms with van der Waals surface area (Å²) in [5.74, 6) is 0.641. The van der Waals surface area contributed by atoms with Crippen LogP contribution in [0.1, 0.15) is 42.1 Å². The third-order valence-electron chi connectivity index (χ3n) is 5.73. The van der Waals surface area contributed by atoms with E-state index in [2.05, 4.69) is 10.3 Å². The van der Waals surface area contributed by atoms with Crippen molar-refractivity contribution in [2.45, 2.75) is 44.8 Å². The van der Waals surface area contributed by atoms with Gasteiger partial charge in [-0.15, -0.1) is 0 Å². The lowest BCUT2D eigenvalue weighted by Crippen LogP contribution is -2.32. The number of hydrogen-bond donors (Lipinski definition) is 5. The first-order chi connectivity index (χ1) is 17.3. The third-order valence-corrected chi connectivity index (χ3v) is 5.73. The van der Waals surface area contributed by atoms with Crippen molar-refractivity contribution in [2.75, 3.05) is 26.3 Å². The highest BCUT2D eigenvalue weighted by molar-refractivity contribution is 5.92. The number of carbonyl (C=O) groups is 1. The lowest BCUT2D eigenvalue weighted by molar-refractivity contribution is 0.1000. The van der Waals surface area contributed by atoms with Gasteiger partial charge in [-0.1, -0.05) is 12.1 Å². The van der Waals surface area contributed by atoms with Gasteiger partial charge in [-0.2, -0.15) is 0 Å². The molecule has 0 bridgehead atoms. The van der Waals surface area contributed by atoms with Crippen molar-refractivity contribution in [1.29, 1.82) is 0 Å². The number of primary amides is 1. The van der Waals surface area contributed by atoms with Gasteiger partial charge in [0.15, 0.2) is 0 Å². The van der Waals surface area contributed by atoms with Crippen molar-refractivity contribution >= 4 is 16.8 Å². The molecule has 2 aromatic carbocycles. The van der Waals surface area contributed by atoms with Crippen LogP contribution in [0.5, 0.6) is 11.5 Å². The fourth-order valence-electron chi connectivity index (χ4n) is 3.75. The smallest absolute Gasteiger partial charge is 0.248 e. The van der Waals surface area contributed by atoms with Crippen LogP contribution >= 0.6 is 0 Å². The van der Waals surface area contributed by atoms with Gasteiger partial charge in [-0.25, -0.2) is 0 Å². The van der Waals surface area contributed by atoms with E-state index in [0.717, 1.165) is 31.2 Å². The second-order valence-corrected chi connectivity index (χ2v) is 8.85. The third kappa shape index (κ3) is 8.37. The number of rotatable bonds is 15. The Bertz CT molecular complexity index is 1180. The molecule has 36 heavy (non-hydrogen) atoms. The van der Waals surface area contributed by atoms with Gasteiger partial charge in [0.05, 0.1) is 18.2 Å². The SMILES string of the molecule is CC(O)CCCCOc1ccc(OCC(O)CNCCc2ccc(C(N)=O)cc2)c2ccc(=O)[nH]c12. The summed E-state index contributed by atoms with van der Waals surface area (Å²) in [4.78, 5) is 25.9. The molecule has 2 atom stereocenters. The summed E-state index contributed by atoms with van der Waals surface area (Å²) in [6.07, 6.45) is 2.04. The molecule has 0 saturated heterocycles. The molecule has 0 fully saturated rings. The maximum Gasteiger partial charge on any atom is 0.248 e. The Balaban J connectivity index is 1.48. The summed E-state index contributed by atoms with van der Waals surface area (Å²) in [6.45, 7) is 3.31. The van der Waals surface area contributed by atoms with Gasteiger partial charge in [0, 0.05) is 23.6 Å². The number of ether oxygens (including phenoxy) is 2. The Labute approximate surface area is 210 Å². The highest BCUT2D eigenvalue weighted by Gasteiger charge is 2.12. The molecular formula is C27H35N3O6. The molecule has 9 nitrogen and oxygen atoms in total. The molecule has 3 rings (SSSR count). The fourth-order valence-corrected chi connectivity index (χ4v) is 3.75. The van der Waals surface area contributed by atoms with E-state index in [-0.39, 0.29) is 18.3 Å². The zero-order valence-corrected chi connectivity index (χ0v) is 20.5. The number of benzene rings is 2. The molecule has 0 aliphatic carbocycles. The first kappa shape index (κ1) is 27.2. The van der Waals surface area contributed by atoms with Gasteiger partial charge >= 0.3 is 0 Å². The minimum Gasteiger partial charge on any atom is -0.491 e. The minimum absolute atomic E-state index is 0.0775. The number of carbonyl (C=O) groups excluding carboxylic acids is 1. The molecule has 1 amide bonds. The molecule has 3 aromatic rings. The first-order valence-electron chi connectivity index (χ1n) is 12.2. The number of aromatic nitrogens is 1. The monoisotopic (exact) mass is 497 g/mol. The Morgan fingerprint density at radius 1 is 1.03 bits per heavy atom. The number of nitrogens with one attached hydrogen (secondary N) is 2. The van der Waals surface area contributed by atoms with Gasteiger partial charge in [0.25, 0.3) is 0 Å². The summed E-state index contributed by atoms with van der Waals surface area (Å²) in [6, 6.07) is 13.7. The van der Waals surface area contributed by atoms with E-state index in [1.807, 2.05) is 12.1 Å². The summed E-state index contributed by atoms with van der Waals surface area (Å²) >= 11 is 0. The number of aliphatic hydroxyl groups excluding tert-OH is 2. The van der Waals surface area contributed by atoms with Crippen LogP contribution in [0, 0.1) is 0 Å². The van der Waals surface area contributed by atoms with Crippen molar-refractivity contribution < 1.29 is 24.5 Å². The Morgan fingerprint density at radius 3 is 2.50 bits per heavy atom. The average Bonchev–Trinajstić information content (AvgIpc) is 2.85. The van der Waals surface area contributed by atoms with Crippen LogP contribution < -0.4 is 26.1 Å². The van der Waals surface area contributed by atoms with Crippen molar-refractivity contribution in [3.05, 3.63) is 70.0 Å². The number of unbranched alkanes of at least 4 members (excludes halogenated alkanes) is 1. The number of hydrogen-bond acceptors (Lipinski definition) is 7. The summed E-state index contributed by atoms with van der Waals surface area (Å²) in [5.41, 5.74) is 7.09. The zero-order chi connectivity index (χ0) is 25.9. The topological polar surface area (TPSA) is 147 Å². The molecule has 0 saturated carbocycles. The van der Waals surface area contributed by atoms with Crippen molar-refractivity contribution in [3.8, 4) is 11.5 Å². The van der Waals surface area contributed by atoms with Gasteiger partial charge in [0.2, 0.25) is 11.5 Å². The quantitative estimate of drug-likeness (QED) is 0.202. The van der Waals surface area contributed by atoms with E-state index in [9.17, 15) is 19.8 Å². The molecule has 194 valence electrons. The lowest BCUT2D eigenvalue weighted by atomic mass is 10.1. The number of amides is 1. The molecule has 9 heteroatoms. The molecule has 6 N–H and O–H groups in total. The van der Waals surface area contributed by atoms with Crippen LogP contribution in [-0.4, -0.2) is 59.6 Å². The van der Waals surface area contributed by atoms with Crippen LogP contribution in [0.3, 0.4) is 0 Å². The van der Waals surface area contributed by atoms with Crippen LogP contribution in [-0.2, 0) is 6.42 Å². The van der Waals surface area contributed by atoms with E-state index in [4.69, 9.17) is 15.2 Å². The number of aliphatic hydroxyl groups is 2. The predicted molar refractivity (Wildman–Crippen MR) is 139 cm³/mol. The number of H-pyrrole nitrogens is 1. The fraction of sp³-hybridized carbons (Fsp3) is 0.407. The van der Waals surface area contributed by atoms with Gasteiger partial charge in [-0.05, 0) is 75.0 Å². The molecule has 0 radical (unpaired) electrons. The highest BCUT2D eigenvalue weighted by Crippen LogP contribution is 2.31. The number of fused-ring (bicyclic) bond motifs is 1. The van der Waals surface area contributed by atoms with Gasteiger partial charge in [0.1, 0.15) is 24.2 Å².